The van der Waals surface area contributed by atoms with Crippen molar-refractivity contribution in [2.75, 3.05) is 29.9 Å². The first kappa shape index (κ1) is 18.9. The van der Waals surface area contributed by atoms with Gasteiger partial charge in [0.2, 0.25) is 10.0 Å². The van der Waals surface area contributed by atoms with Crippen molar-refractivity contribution < 1.29 is 26.3 Å². The maximum atomic E-state index is 12.6. The van der Waals surface area contributed by atoms with E-state index in [0.29, 0.717) is 5.75 Å². The lowest BCUT2D eigenvalue weighted by Gasteiger charge is -2.14. The summed E-state index contributed by atoms with van der Waals surface area (Å²) >= 11 is 0. The van der Waals surface area contributed by atoms with Crippen LogP contribution < -0.4 is 18.9 Å². The summed E-state index contributed by atoms with van der Waals surface area (Å²) in [6.45, 7) is 0. The molecule has 0 aliphatic heterocycles. The van der Waals surface area contributed by atoms with Crippen molar-refractivity contribution >= 4 is 31.4 Å². The van der Waals surface area contributed by atoms with Crippen molar-refractivity contribution in [2.24, 2.45) is 0 Å². The van der Waals surface area contributed by atoms with E-state index in [-0.39, 0.29) is 22.0 Å². The molecule has 0 amide bonds. The molecule has 136 valence electrons. The predicted molar refractivity (Wildman–Crippen MR) is 95.3 cm³/mol. The minimum Gasteiger partial charge on any atom is -0.493 e. The number of para-hydroxylation sites is 2. The first-order valence-corrected chi connectivity index (χ1v) is 10.4. The van der Waals surface area contributed by atoms with Crippen LogP contribution >= 0.6 is 0 Å². The predicted octanol–water partition coefficient (Wildman–Crippen LogP) is 1.88. The Bertz CT molecular complexity index is 971. The average molecular weight is 386 g/mol. The second kappa shape index (κ2) is 7.19. The largest absolute Gasteiger partial charge is 0.493 e. The van der Waals surface area contributed by atoms with Crippen LogP contribution in [0.5, 0.6) is 11.5 Å². The smallest absolute Gasteiger partial charge is 0.262 e. The van der Waals surface area contributed by atoms with Crippen LogP contribution in [0.3, 0.4) is 0 Å². The number of sulfonamides is 2. The molecule has 8 nitrogen and oxygen atoms in total. The number of methoxy groups -OCH3 is 2. The summed E-state index contributed by atoms with van der Waals surface area (Å²) < 4.78 is 62.9. The van der Waals surface area contributed by atoms with Crippen LogP contribution in [0.1, 0.15) is 0 Å². The summed E-state index contributed by atoms with van der Waals surface area (Å²) in [5.74, 6) is 0.647. The van der Waals surface area contributed by atoms with Gasteiger partial charge in [0.15, 0.2) is 11.5 Å². The fourth-order valence-corrected chi connectivity index (χ4v) is 3.72. The van der Waals surface area contributed by atoms with Gasteiger partial charge in [0.1, 0.15) is 0 Å². The van der Waals surface area contributed by atoms with Crippen LogP contribution in [0.4, 0.5) is 11.4 Å². The van der Waals surface area contributed by atoms with Gasteiger partial charge in [-0.25, -0.2) is 16.8 Å². The van der Waals surface area contributed by atoms with E-state index < -0.39 is 20.0 Å². The zero-order valence-corrected chi connectivity index (χ0v) is 15.4. The molecule has 2 aromatic rings. The first-order valence-electron chi connectivity index (χ1n) is 6.98. The van der Waals surface area contributed by atoms with E-state index in [2.05, 4.69) is 9.44 Å². The van der Waals surface area contributed by atoms with Crippen molar-refractivity contribution in [1.29, 1.82) is 0 Å². The molecule has 2 N–H and O–H groups in total. The highest BCUT2D eigenvalue weighted by atomic mass is 32.2. The zero-order chi connectivity index (χ0) is 18.7. The highest BCUT2D eigenvalue weighted by Crippen LogP contribution is 2.31. The molecular weight excluding hydrogens is 368 g/mol. The second-order valence-electron chi connectivity index (χ2n) is 5.04. The summed E-state index contributed by atoms with van der Waals surface area (Å²) in [5.41, 5.74) is 0.219. The Balaban J connectivity index is 2.40. The Hall–Kier alpha value is -2.46. The fourth-order valence-electron chi connectivity index (χ4n) is 2.05. The summed E-state index contributed by atoms with van der Waals surface area (Å²) in [7, 11) is -4.69. The zero-order valence-electron chi connectivity index (χ0n) is 13.8. The Kier molecular flexibility index (Phi) is 5.43. The molecule has 0 fully saturated rings. The summed E-state index contributed by atoms with van der Waals surface area (Å²) in [6, 6.07) is 10.2. The van der Waals surface area contributed by atoms with Crippen molar-refractivity contribution in [2.45, 2.75) is 4.90 Å². The van der Waals surface area contributed by atoms with E-state index >= 15 is 0 Å². The van der Waals surface area contributed by atoms with E-state index in [1.54, 1.807) is 12.1 Å². The molecular formula is C15H18N2O6S2. The van der Waals surface area contributed by atoms with Crippen LogP contribution in [0, 0.1) is 0 Å². The lowest BCUT2D eigenvalue weighted by Crippen LogP contribution is -2.16. The molecule has 0 saturated carbocycles. The number of hydrogen-bond acceptors (Lipinski definition) is 6. The third-order valence-corrected chi connectivity index (χ3v) is 5.09. The van der Waals surface area contributed by atoms with Gasteiger partial charge in [-0.15, -0.1) is 0 Å². The van der Waals surface area contributed by atoms with Crippen LogP contribution in [-0.2, 0) is 20.0 Å². The Morgan fingerprint density at radius 1 is 0.800 bits per heavy atom. The molecule has 0 bridgehead atoms. The number of nitrogens with one attached hydrogen (secondary N) is 2. The van der Waals surface area contributed by atoms with Gasteiger partial charge >= 0.3 is 0 Å². The van der Waals surface area contributed by atoms with Gasteiger partial charge in [0.25, 0.3) is 10.0 Å². The minimum atomic E-state index is -3.97. The number of anilines is 2. The van der Waals surface area contributed by atoms with Crippen LogP contribution in [0.2, 0.25) is 0 Å². The molecule has 0 unspecified atom stereocenters. The number of benzene rings is 2. The van der Waals surface area contributed by atoms with Crippen LogP contribution in [0.25, 0.3) is 0 Å². The van der Waals surface area contributed by atoms with Gasteiger partial charge in [-0.3, -0.25) is 9.44 Å². The molecule has 0 radical (unpaired) electrons. The van der Waals surface area contributed by atoms with Gasteiger partial charge in [0.05, 0.1) is 36.7 Å². The van der Waals surface area contributed by atoms with Crippen LogP contribution in [-0.4, -0.2) is 37.3 Å². The highest BCUT2D eigenvalue weighted by Gasteiger charge is 2.19. The Morgan fingerprint density at radius 2 is 1.36 bits per heavy atom. The van der Waals surface area contributed by atoms with Gasteiger partial charge in [0, 0.05) is 6.07 Å². The van der Waals surface area contributed by atoms with Gasteiger partial charge < -0.3 is 9.47 Å². The van der Waals surface area contributed by atoms with Gasteiger partial charge in [-0.2, -0.15) is 0 Å². The summed E-state index contributed by atoms with van der Waals surface area (Å²) in [5, 5.41) is 0. The van der Waals surface area contributed by atoms with E-state index in [1.165, 1.54) is 44.6 Å². The van der Waals surface area contributed by atoms with Crippen molar-refractivity contribution in [3.63, 3.8) is 0 Å². The number of rotatable bonds is 7. The second-order valence-corrected chi connectivity index (χ2v) is 8.47. The van der Waals surface area contributed by atoms with E-state index in [4.69, 9.17) is 9.47 Å². The van der Waals surface area contributed by atoms with Gasteiger partial charge in [-0.1, -0.05) is 12.1 Å². The molecule has 0 spiro atoms. The molecule has 10 heteroatoms. The molecule has 0 aromatic heterocycles. The molecule has 0 atom stereocenters. The molecule has 0 saturated heterocycles. The lowest BCUT2D eigenvalue weighted by atomic mass is 10.3. The molecule has 0 aliphatic rings. The first-order chi connectivity index (χ1) is 11.7. The van der Waals surface area contributed by atoms with E-state index in [9.17, 15) is 16.8 Å². The third kappa shape index (κ3) is 4.77. The Labute approximate surface area is 146 Å². The SMILES string of the molecule is COc1ccc(S(=O)(=O)Nc2ccccc2NS(C)(=O)=O)cc1OC. The van der Waals surface area contributed by atoms with Crippen molar-refractivity contribution in [3.8, 4) is 11.5 Å². The topological polar surface area (TPSA) is 111 Å². The normalized spacial score (nSPS) is 11.6. The van der Waals surface area contributed by atoms with Crippen molar-refractivity contribution in [1.82, 2.24) is 0 Å². The Morgan fingerprint density at radius 3 is 1.88 bits per heavy atom. The lowest BCUT2D eigenvalue weighted by molar-refractivity contribution is 0.354. The third-order valence-electron chi connectivity index (χ3n) is 3.13. The van der Waals surface area contributed by atoms with Gasteiger partial charge in [-0.05, 0) is 24.3 Å². The molecule has 2 aromatic carbocycles. The molecule has 0 aliphatic carbocycles. The average Bonchev–Trinajstić information content (AvgIpc) is 2.54. The standard InChI is InChI=1S/C15H18N2O6S2/c1-22-14-9-8-11(10-15(14)23-2)25(20,21)17-13-7-5-4-6-12(13)16-24(3,18)19/h4-10,16-17H,1-3H3. The highest BCUT2D eigenvalue weighted by molar-refractivity contribution is 7.93. The van der Waals surface area contributed by atoms with Crippen molar-refractivity contribution in [3.05, 3.63) is 42.5 Å². The number of ether oxygens (including phenoxy) is 2. The fraction of sp³-hybridized carbons (Fsp3) is 0.200. The van der Waals surface area contributed by atoms with E-state index in [0.717, 1.165) is 6.26 Å². The van der Waals surface area contributed by atoms with Crippen LogP contribution in [0.15, 0.2) is 47.4 Å². The maximum absolute atomic E-state index is 12.6. The molecule has 2 rings (SSSR count). The molecule has 0 heterocycles. The summed E-state index contributed by atoms with van der Waals surface area (Å²) in [4.78, 5) is -0.0562. The summed E-state index contributed by atoms with van der Waals surface area (Å²) in [6.07, 6.45) is 0.979. The minimum absolute atomic E-state index is 0.0562. The van der Waals surface area contributed by atoms with E-state index in [1.807, 2.05) is 0 Å². The number of hydrogen-bond donors (Lipinski definition) is 2. The monoisotopic (exact) mass is 386 g/mol. The molecule has 25 heavy (non-hydrogen) atoms. The maximum Gasteiger partial charge on any atom is 0.262 e. The quantitative estimate of drug-likeness (QED) is 0.752.